The van der Waals surface area contributed by atoms with Gasteiger partial charge in [-0.05, 0) is 24.6 Å². The molecule has 1 fully saturated rings. The Bertz CT molecular complexity index is 479. The minimum atomic E-state index is 0.0578. The predicted molar refractivity (Wildman–Crippen MR) is 76.2 cm³/mol. The number of nitrogens with two attached hydrogens (primary N) is 1. The van der Waals surface area contributed by atoms with Gasteiger partial charge in [0.1, 0.15) is 0 Å². The van der Waals surface area contributed by atoms with Crippen molar-refractivity contribution in [3.63, 3.8) is 0 Å². The molecule has 19 heavy (non-hydrogen) atoms. The number of anilines is 1. The molecule has 1 aliphatic rings. The third-order valence-corrected chi connectivity index (χ3v) is 3.66. The first-order chi connectivity index (χ1) is 9.17. The standard InChI is InChI=1S/C13H18ClN3O2/c1-2-10-8-19-6-5-17(10)12-4-3-9(7-11(12)14)13(15)16-18/h3-4,7,10,18H,2,5-6,8H2,1H3,(H2,15,16). The van der Waals surface area contributed by atoms with Crippen molar-refractivity contribution in [2.24, 2.45) is 10.9 Å². The summed E-state index contributed by atoms with van der Waals surface area (Å²) in [6.07, 6.45) is 0.998. The molecule has 1 unspecified atom stereocenters. The lowest BCUT2D eigenvalue weighted by molar-refractivity contribution is 0.0930. The van der Waals surface area contributed by atoms with Crippen LogP contribution in [-0.2, 0) is 4.74 Å². The fourth-order valence-corrected chi connectivity index (χ4v) is 2.56. The van der Waals surface area contributed by atoms with Gasteiger partial charge < -0.3 is 20.6 Å². The molecule has 1 atom stereocenters. The molecular formula is C13H18ClN3O2. The highest BCUT2D eigenvalue weighted by molar-refractivity contribution is 6.33. The van der Waals surface area contributed by atoms with Gasteiger partial charge in [0.25, 0.3) is 0 Å². The average molecular weight is 284 g/mol. The maximum absolute atomic E-state index is 8.67. The van der Waals surface area contributed by atoms with Crippen molar-refractivity contribution in [2.75, 3.05) is 24.7 Å². The molecule has 1 aliphatic heterocycles. The molecule has 0 radical (unpaired) electrons. The van der Waals surface area contributed by atoms with E-state index in [2.05, 4.69) is 17.0 Å². The molecule has 0 saturated carbocycles. The summed E-state index contributed by atoms with van der Waals surface area (Å²) in [5.41, 5.74) is 7.13. The van der Waals surface area contributed by atoms with Crippen LogP contribution in [0.25, 0.3) is 0 Å². The molecule has 1 aromatic carbocycles. The first-order valence-electron chi connectivity index (χ1n) is 6.29. The van der Waals surface area contributed by atoms with Crippen LogP contribution in [0.1, 0.15) is 18.9 Å². The Morgan fingerprint density at radius 1 is 1.63 bits per heavy atom. The van der Waals surface area contributed by atoms with Crippen LogP contribution in [0, 0.1) is 0 Å². The highest BCUT2D eigenvalue weighted by atomic mass is 35.5. The molecule has 0 aliphatic carbocycles. The van der Waals surface area contributed by atoms with Crippen LogP contribution in [0.4, 0.5) is 5.69 Å². The molecule has 2 rings (SSSR count). The van der Waals surface area contributed by atoms with E-state index in [9.17, 15) is 0 Å². The molecule has 0 amide bonds. The molecule has 3 N–H and O–H groups in total. The number of hydrogen-bond donors (Lipinski definition) is 2. The number of hydrogen-bond acceptors (Lipinski definition) is 4. The topological polar surface area (TPSA) is 71.1 Å². The number of rotatable bonds is 3. The second kappa shape index (κ2) is 6.12. The zero-order chi connectivity index (χ0) is 13.8. The lowest BCUT2D eigenvalue weighted by Crippen LogP contribution is -2.45. The number of ether oxygens (including phenoxy) is 1. The highest BCUT2D eigenvalue weighted by Gasteiger charge is 2.23. The average Bonchev–Trinajstić information content (AvgIpc) is 2.46. The quantitative estimate of drug-likeness (QED) is 0.385. The number of nitrogens with zero attached hydrogens (tertiary/aromatic N) is 2. The van der Waals surface area contributed by atoms with E-state index in [1.54, 1.807) is 12.1 Å². The zero-order valence-electron chi connectivity index (χ0n) is 10.8. The molecule has 6 heteroatoms. The van der Waals surface area contributed by atoms with E-state index in [4.69, 9.17) is 27.3 Å². The lowest BCUT2D eigenvalue weighted by Gasteiger charge is -2.37. The summed E-state index contributed by atoms with van der Waals surface area (Å²) in [4.78, 5) is 2.25. The second-order valence-corrected chi connectivity index (χ2v) is 4.89. The third-order valence-electron chi connectivity index (χ3n) is 3.36. The van der Waals surface area contributed by atoms with Crippen molar-refractivity contribution in [1.29, 1.82) is 0 Å². The van der Waals surface area contributed by atoms with Gasteiger partial charge >= 0.3 is 0 Å². The maximum Gasteiger partial charge on any atom is 0.170 e. The van der Waals surface area contributed by atoms with Crippen molar-refractivity contribution in [2.45, 2.75) is 19.4 Å². The lowest BCUT2D eigenvalue weighted by atomic mass is 10.1. The number of oxime groups is 1. The maximum atomic E-state index is 8.67. The smallest absolute Gasteiger partial charge is 0.170 e. The van der Waals surface area contributed by atoms with E-state index >= 15 is 0 Å². The van der Waals surface area contributed by atoms with Crippen LogP contribution in [0.15, 0.2) is 23.4 Å². The van der Waals surface area contributed by atoms with Gasteiger partial charge in [0.15, 0.2) is 5.84 Å². The van der Waals surface area contributed by atoms with Gasteiger partial charge in [-0.1, -0.05) is 23.7 Å². The molecule has 104 valence electrons. The van der Waals surface area contributed by atoms with Gasteiger partial charge in [0.05, 0.1) is 30.0 Å². The fraction of sp³-hybridized carbons (Fsp3) is 0.462. The Morgan fingerprint density at radius 2 is 2.42 bits per heavy atom. The number of benzene rings is 1. The van der Waals surface area contributed by atoms with Crippen LogP contribution >= 0.6 is 11.6 Å². The van der Waals surface area contributed by atoms with Gasteiger partial charge in [-0.2, -0.15) is 0 Å². The number of morpholine rings is 1. The van der Waals surface area contributed by atoms with Gasteiger partial charge in [-0.25, -0.2) is 0 Å². The largest absolute Gasteiger partial charge is 0.409 e. The predicted octanol–water partition coefficient (Wildman–Crippen LogP) is 2.05. The molecule has 1 aromatic rings. The Morgan fingerprint density at radius 3 is 3.05 bits per heavy atom. The molecule has 1 saturated heterocycles. The summed E-state index contributed by atoms with van der Waals surface area (Å²) in [5, 5.41) is 12.2. The summed E-state index contributed by atoms with van der Waals surface area (Å²) in [6.45, 7) is 4.37. The minimum Gasteiger partial charge on any atom is -0.409 e. The monoisotopic (exact) mass is 283 g/mol. The molecule has 0 aromatic heterocycles. The Kier molecular flexibility index (Phi) is 4.50. The van der Waals surface area contributed by atoms with E-state index in [0.29, 0.717) is 23.2 Å². The molecular weight excluding hydrogens is 266 g/mol. The summed E-state index contributed by atoms with van der Waals surface area (Å²) in [6, 6.07) is 5.76. The molecule has 1 heterocycles. The van der Waals surface area contributed by atoms with E-state index in [0.717, 1.165) is 25.3 Å². The van der Waals surface area contributed by atoms with Crippen LogP contribution in [0.3, 0.4) is 0 Å². The summed E-state index contributed by atoms with van der Waals surface area (Å²) in [5.74, 6) is 0.0578. The molecule has 0 bridgehead atoms. The van der Waals surface area contributed by atoms with Crippen molar-refractivity contribution in [3.8, 4) is 0 Å². The van der Waals surface area contributed by atoms with Crippen molar-refractivity contribution >= 4 is 23.1 Å². The van der Waals surface area contributed by atoms with Crippen molar-refractivity contribution in [1.82, 2.24) is 0 Å². The number of halogens is 1. The van der Waals surface area contributed by atoms with E-state index in [1.807, 2.05) is 6.07 Å². The second-order valence-electron chi connectivity index (χ2n) is 4.48. The minimum absolute atomic E-state index is 0.0578. The first kappa shape index (κ1) is 14.0. The Balaban J connectivity index is 2.29. The van der Waals surface area contributed by atoms with Crippen molar-refractivity contribution in [3.05, 3.63) is 28.8 Å². The highest BCUT2D eigenvalue weighted by Crippen LogP contribution is 2.30. The molecule has 5 nitrogen and oxygen atoms in total. The Labute approximate surface area is 117 Å². The molecule has 0 spiro atoms. The van der Waals surface area contributed by atoms with E-state index in [-0.39, 0.29) is 5.84 Å². The number of amidine groups is 1. The van der Waals surface area contributed by atoms with Gasteiger partial charge in [0, 0.05) is 12.1 Å². The van der Waals surface area contributed by atoms with Gasteiger partial charge in [0.2, 0.25) is 0 Å². The van der Waals surface area contributed by atoms with Crippen LogP contribution in [0.2, 0.25) is 5.02 Å². The first-order valence-corrected chi connectivity index (χ1v) is 6.67. The van der Waals surface area contributed by atoms with E-state index in [1.165, 1.54) is 0 Å². The van der Waals surface area contributed by atoms with Crippen LogP contribution in [0.5, 0.6) is 0 Å². The normalized spacial score (nSPS) is 20.6. The van der Waals surface area contributed by atoms with E-state index < -0.39 is 0 Å². The van der Waals surface area contributed by atoms with Crippen LogP contribution < -0.4 is 10.6 Å². The SMILES string of the molecule is CCC1COCCN1c1ccc(C(N)=NO)cc1Cl. The third kappa shape index (κ3) is 2.93. The van der Waals surface area contributed by atoms with Crippen LogP contribution in [-0.4, -0.2) is 36.8 Å². The Hall–Kier alpha value is -1.46. The fourth-order valence-electron chi connectivity index (χ4n) is 2.27. The summed E-state index contributed by atoms with van der Waals surface area (Å²) >= 11 is 6.31. The van der Waals surface area contributed by atoms with Gasteiger partial charge in [-0.3, -0.25) is 0 Å². The summed E-state index contributed by atoms with van der Waals surface area (Å²) < 4.78 is 5.49. The summed E-state index contributed by atoms with van der Waals surface area (Å²) in [7, 11) is 0. The zero-order valence-corrected chi connectivity index (χ0v) is 11.6. The van der Waals surface area contributed by atoms with Gasteiger partial charge in [-0.15, -0.1) is 0 Å². The van der Waals surface area contributed by atoms with Crippen molar-refractivity contribution < 1.29 is 9.94 Å².